The summed E-state index contributed by atoms with van der Waals surface area (Å²) in [5, 5.41) is 0. The van der Waals surface area contributed by atoms with Crippen LogP contribution in [-0.2, 0) is 0 Å². The highest BCUT2D eigenvalue weighted by atomic mass is 32.2. The highest BCUT2D eigenvalue weighted by Gasteiger charge is 2.03. The molecule has 12 heavy (non-hydrogen) atoms. The molecule has 0 saturated carbocycles. The molecule has 1 aromatic carbocycles. The standard InChI is InChI=1S/C8H10N2OS/c1-12-7-4-5(8(10)11)2-3-6(7)9/h2-4H,9H2,1H3,(H2,10,11). The highest BCUT2D eigenvalue weighted by Crippen LogP contribution is 2.23. The number of nitrogens with two attached hydrogens (primary N) is 2. The lowest BCUT2D eigenvalue weighted by atomic mass is 10.2. The van der Waals surface area contributed by atoms with Crippen LogP contribution in [0.2, 0.25) is 0 Å². The van der Waals surface area contributed by atoms with E-state index >= 15 is 0 Å². The minimum absolute atomic E-state index is 0.426. The molecule has 1 rings (SSSR count). The van der Waals surface area contributed by atoms with E-state index in [4.69, 9.17) is 11.5 Å². The van der Waals surface area contributed by atoms with E-state index in [2.05, 4.69) is 0 Å². The molecule has 1 aromatic rings. The first-order valence-corrected chi connectivity index (χ1v) is 4.61. The fourth-order valence-corrected chi connectivity index (χ4v) is 1.41. The average molecular weight is 182 g/mol. The summed E-state index contributed by atoms with van der Waals surface area (Å²) in [7, 11) is 0. The van der Waals surface area contributed by atoms with Crippen LogP contribution in [0.25, 0.3) is 0 Å². The predicted octanol–water partition coefficient (Wildman–Crippen LogP) is 1.09. The zero-order valence-corrected chi connectivity index (χ0v) is 7.52. The second-order valence-electron chi connectivity index (χ2n) is 2.32. The summed E-state index contributed by atoms with van der Waals surface area (Å²) in [6, 6.07) is 5.01. The maximum absolute atomic E-state index is 10.8. The Balaban J connectivity index is 3.13. The van der Waals surface area contributed by atoms with E-state index in [1.165, 1.54) is 11.8 Å². The van der Waals surface area contributed by atoms with Gasteiger partial charge in [-0.3, -0.25) is 4.79 Å². The van der Waals surface area contributed by atoms with Gasteiger partial charge >= 0.3 is 0 Å². The van der Waals surface area contributed by atoms with Crippen molar-refractivity contribution < 1.29 is 4.79 Å². The number of carbonyl (C=O) groups excluding carboxylic acids is 1. The molecule has 64 valence electrons. The first-order valence-electron chi connectivity index (χ1n) is 3.38. The van der Waals surface area contributed by atoms with E-state index in [1.54, 1.807) is 18.2 Å². The van der Waals surface area contributed by atoms with Crippen LogP contribution < -0.4 is 11.5 Å². The Bertz CT molecular complexity index is 312. The lowest BCUT2D eigenvalue weighted by molar-refractivity contribution is 0.1000. The molecule has 4 heteroatoms. The smallest absolute Gasteiger partial charge is 0.248 e. The zero-order chi connectivity index (χ0) is 9.14. The molecule has 0 atom stereocenters. The van der Waals surface area contributed by atoms with Gasteiger partial charge < -0.3 is 11.5 Å². The van der Waals surface area contributed by atoms with E-state index in [0.717, 1.165) is 4.90 Å². The third-order valence-electron chi connectivity index (χ3n) is 1.52. The van der Waals surface area contributed by atoms with E-state index in [0.29, 0.717) is 11.3 Å². The number of rotatable bonds is 2. The number of nitrogen functional groups attached to an aromatic ring is 1. The third-order valence-corrected chi connectivity index (χ3v) is 2.31. The maximum atomic E-state index is 10.8. The summed E-state index contributed by atoms with van der Waals surface area (Å²) in [5.41, 5.74) is 11.9. The van der Waals surface area contributed by atoms with Gasteiger partial charge in [-0.25, -0.2) is 0 Å². The van der Waals surface area contributed by atoms with Crippen molar-refractivity contribution in [2.75, 3.05) is 12.0 Å². The van der Waals surface area contributed by atoms with Crippen molar-refractivity contribution in [3.63, 3.8) is 0 Å². The van der Waals surface area contributed by atoms with Crippen LogP contribution in [0, 0.1) is 0 Å². The largest absolute Gasteiger partial charge is 0.398 e. The lowest BCUT2D eigenvalue weighted by Gasteiger charge is -2.02. The maximum Gasteiger partial charge on any atom is 0.248 e. The number of thioether (sulfide) groups is 1. The van der Waals surface area contributed by atoms with Crippen molar-refractivity contribution in [3.05, 3.63) is 23.8 Å². The van der Waals surface area contributed by atoms with Crippen molar-refractivity contribution in [2.24, 2.45) is 5.73 Å². The Morgan fingerprint density at radius 2 is 2.17 bits per heavy atom. The van der Waals surface area contributed by atoms with Crippen LogP contribution >= 0.6 is 11.8 Å². The van der Waals surface area contributed by atoms with Crippen molar-refractivity contribution in [3.8, 4) is 0 Å². The summed E-state index contributed by atoms with van der Waals surface area (Å²) in [5.74, 6) is -0.426. The molecule has 0 aliphatic heterocycles. The second kappa shape index (κ2) is 3.49. The lowest BCUT2D eigenvalue weighted by Crippen LogP contribution is -2.10. The molecule has 0 aromatic heterocycles. The fraction of sp³-hybridized carbons (Fsp3) is 0.125. The van der Waals surface area contributed by atoms with Crippen molar-refractivity contribution in [2.45, 2.75) is 4.90 Å². The quantitative estimate of drug-likeness (QED) is 0.531. The molecule has 0 unspecified atom stereocenters. The molecule has 0 fully saturated rings. The monoisotopic (exact) mass is 182 g/mol. The Hall–Kier alpha value is -1.16. The van der Waals surface area contributed by atoms with Gasteiger partial charge in [0.25, 0.3) is 0 Å². The van der Waals surface area contributed by atoms with Gasteiger partial charge in [0, 0.05) is 16.1 Å². The molecule has 0 aliphatic carbocycles. The van der Waals surface area contributed by atoms with Gasteiger partial charge in [-0.05, 0) is 24.5 Å². The molecule has 0 saturated heterocycles. The molecule has 4 N–H and O–H groups in total. The zero-order valence-electron chi connectivity index (χ0n) is 6.70. The fourth-order valence-electron chi connectivity index (χ4n) is 0.864. The number of primary amides is 1. The Kier molecular flexibility index (Phi) is 2.60. The van der Waals surface area contributed by atoms with Crippen LogP contribution in [0.3, 0.4) is 0 Å². The Labute approximate surface area is 75.1 Å². The topological polar surface area (TPSA) is 69.1 Å². The summed E-state index contributed by atoms with van der Waals surface area (Å²) in [4.78, 5) is 11.6. The molecule has 0 spiro atoms. The minimum Gasteiger partial charge on any atom is -0.398 e. The van der Waals surface area contributed by atoms with Crippen molar-refractivity contribution >= 4 is 23.4 Å². The number of amides is 1. The van der Waals surface area contributed by atoms with Crippen molar-refractivity contribution in [1.82, 2.24) is 0 Å². The van der Waals surface area contributed by atoms with Gasteiger partial charge in [0.05, 0.1) is 0 Å². The van der Waals surface area contributed by atoms with Gasteiger partial charge in [0.2, 0.25) is 5.91 Å². The SMILES string of the molecule is CSc1cc(C(N)=O)ccc1N. The van der Waals surface area contributed by atoms with Gasteiger partial charge in [-0.2, -0.15) is 0 Å². The molecule has 0 heterocycles. The van der Waals surface area contributed by atoms with E-state index in [9.17, 15) is 4.79 Å². The summed E-state index contributed by atoms with van der Waals surface area (Å²) in [6.45, 7) is 0. The predicted molar refractivity (Wildman–Crippen MR) is 51.2 cm³/mol. The number of hydrogen-bond donors (Lipinski definition) is 2. The number of carbonyl (C=O) groups is 1. The molecule has 0 aliphatic rings. The van der Waals surface area contributed by atoms with E-state index in [-0.39, 0.29) is 0 Å². The molecule has 3 nitrogen and oxygen atoms in total. The second-order valence-corrected chi connectivity index (χ2v) is 3.17. The first-order chi connectivity index (χ1) is 5.65. The summed E-state index contributed by atoms with van der Waals surface area (Å²) < 4.78 is 0. The molecule has 0 bridgehead atoms. The molecular weight excluding hydrogens is 172 g/mol. The van der Waals surface area contributed by atoms with Crippen LogP contribution in [0.15, 0.2) is 23.1 Å². The molecule has 1 amide bonds. The van der Waals surface area contributed by atoms with Crippen molar-refractivity contribution in [1.29, 1.82) is 0 Å². The molecule has 0 radical (unpaired) electrons. The normalized spacial score (nSPS) is 9.75. The third kappa shape index (κ3) is 1.71. The summed E-state index contributed by atoms with van der Waals surface area (Å²) in [6.07, 6.45) is 1.90. The highest BCUT2D eigenvalue weighted by molar-refractivity contribution is 7.98. The van der Waals surface area contributed by atoms with Gasteiger partial charge in [0.1, 0.15) is 0 Å². The van der Waals surface area contributed by atoms with Gasteiger partial charge in [-0.1, -0.05) is 0 Å². The van der Waals surface area contributed by atoms with Crippen LogP contribution in [0.5, 0.6) is 0 Å². The van der Waals surface area contributed by atoms with Crippen LogP contribution in [0.4, 0.5) is 5.69 Å². The van der Waals surface area contributed by atoms with E-state index in [1.807, 2.05) is 6.26 Å². The number of benzene rings is 1. The van der Waals surface area contributed by atoms with Gasteiger partial charge in [0.15, 0.2) is 0 Å². The average Bonchev–Trinajstić information content (AvgIpc) is 2.05. The number of anilines is 1. The molecular formula is C8H10N2OS. The number of hydrogen-bond acceptors (Lipinski definition) is 3. The van der Waals surface area contributed by atoms with E-state index < -0.39 is 5.91 Å². The Morgan fingerprint density at radius 1 is 1.50 bits per heavy atom. The Morgan fingerprint density at radius 3 is 2.67 bits per heavy atom. The van der Waals surface area contributed by atoms with Crippen LogP contribution in [-0.4, -0.2) is 12.2 Å². The summed E-state index contributed by atoms with van der Waals surface area (Å²) >= 11 is 1.49. The van der Waals surface area contributed by atoms with Crippen LogP contribution in [0.1, 0.15) is 10.4 Å². The van der Waals surface area contributed by atoms with Gasteiger partial charge in [-0.15, -0.1) is 11.8 Å². The minimum atomic E-state index is -0.426. The first kappa shape index (κ1) is 8.93.